The van der Waals surface area contributed by atoms with Crippen LogP contribution >= 0.6 is 12.4 Å². The monoisotopic (exact) mass is 369 g/mol. The van der Waals surface area contributed by atoms with Gasteiger partial charge in [-0.2, -0.15) is 0 Å². The van der Waals surface area contributed by atoms with E-state index in [1.165, 1.54) is 12.8 Å². The van der Waals surface area contributed by atoms with Gasteiger partial charge in [0.25, 0.3) is 0 Å². The van der Waals surface area contributed by atoms with Crippen molar-refractivity contribution < 1.29 is 10.2 Å². The highest BCUT2D eigenvalue weighted by molar-refractivity contribution is 5.85. The molecule has 0 heterocycles. The number of nitrogens with two attached hydrogens (primary N) is 1. The average Bonchev–Trinajstić information content (AvgIpc) is 2.97. The molecule has 0 unspecified atom stereocenters. The van der Waals surface area contributed by atoms with E-state index in [1.54, 1.807) is 0 Å². The molecule has 0 saturated heterocycles. The van der Waals surface area contributed by atoms with Crippen molar-refractivity contribution in [2.24, 2.45) is 11.7 Å². The summed E-state index contributed by atoms with van der Waals surface area (Å²) < 4.78 is 0. The lowest BCUT2D eigenvalue weighted by molar-refractivity contribution is 0.0843. The van der Waals surface area contributed by atoms with Gasteiger partial charge in [0.05, 0.1) is 12.1 Å². The maximum absolute atomic E-state index is 10.8. The fourth-order valence-electron chi connectivity index (χ4n) is 3.78. The van der Waals surface area contributed by atoms with E-state index in [2.05, 4.69) is 41.5 Å². The third-order valence-electron chi connectivity index (χ3n) is 5.38. The maximum Gasteiger partial charge on any atom is 0.123 e. The standard InChI is InChI=1S/C21H35NO2.ClH/c1-20(2,3)15-11-14(12-16(19(15)24)21(4,5)6)17(22)18(23)13-9-7-8-10-13;/h11-13,17-18,23-24H,7-10,22H2,1-6H3;1H/t17-,18+;/m0./s1. The number of hydrogen-bond acceptors (Lipinski definition) is 3. The minimum Gasteiger partial charge on any atom is -0.507 e. The third-order valence-corrected chi connectivity index (χ3v) is 5.38. The topological polar surface area (TPSA) is 66.5 Å². The van der Waals surface area contributed by atoms with Crippen LogP contribution < -0.4 is 5.73 Å². The first-order chi connectivity index (χ1) is 10.9. The van der Waals surface area contributed by atoms with Crippen molar-refractivity contribution in [1.82, 2.24) is 0 Å². The molecule has 2 rings (SSSR count). The minimum absolute atomic E-state index is 0. The number of phenols is 1. The third kappa shape index (κ3) is 4.90. The van der Waals surface area contributed by atoms with Crippen LogP contribution in [0, 0.1) is 5.92 Å². The van der Waals surface area contributed by atoms with Crippen LogP contribution in [-0.4, -0.2) is 16.3 Å². The summed E-state index contributed by atoms with van der Waals surface area (Å²) >= 11 is 0. The number of halogens is 1. The number of aliphatic hydroxyl groups excluding tert-OH is 1. The Bertz CT molecular complexity index is 546. The van der Waals surface area contributed by atoms with Gasteiger partial charge in [-0.05, 0) is 58.4 Å². The fraction of sp³-hybridized carbons (Fsp3) is 0.714. The molecular weight excluding hydrogens is 334 g/mol. The number of benzene rings is 1. The molecule has 144 valence electrons. The van der Waals surface area contributed by atoms with Crippen molar-refractivity contribution in [1.29, 1.82) is 0 Å². The van der Waals surface area contributed by atoms with E-state index in [0.29, 0.717) is 11.7 Å². The van der Waals surface area contributed by atoms with Gasteiger partial charge in [-0.3, -0.25) is 0 Å². The smallest absolute Gasteiger partial charge is 0.123 e. The highest BCUT2D eigenvalue weighted by Gasteiger charge is 2.32. The first-order valence-corrected chi connectivity index (χ1v) is 9.24. The zero-order valence-electron chi connectivity index (χ0n) is 16.6. The highest BCUT2D eigenvalue weighted by Crippen LogP contribution is 2.42. The lowest BCUT2D eigenvalue weighted by Gasteiger charge is -2.31. The van der Waals surface area contributed by atoms with Gasteiger partial charge in [0.1, 0.15) is 5.75 Å². The van der Waals surface area contributed by atoms with Gasteiger partial charge in [0.15, 0.2) is 0 Å². The lowest BCUT2D eigenvalue weighted by Crippen LogP contribution is -2.32. The molecule has 3 nitrogen and oxygen atoms in total. The second-order valence-corrected chi connectivity index (χ2v) is 9.53. The summed E-state index contributed by atoms with van der Waals surface area (Å²) in [7, 11) is 0. The van der Waals surface area contributed by atoms with Crippen LogP contribution in [-0.2, 0) is 10.8 Å². The van der Waals surface area contributed by atoms with E-state index >= 15 is 0 Å². The molecule has 0 aliphatic heterocycles. The first kappa shape index (κ1) is 22.3. The van der Waals surface area contributed by atoms with Crippen LogP contribution in [0.1, 0.15) is 90.0 Å². The second-order valence-electron chi connectivity index (χ2n) is 9.53. The molecule has 0 bridgehead atoms. The molecule has 1 fully saturated rings. The number of aliphatic hydroxyl groups is 1. The van der Waals surface area contributed by atoms with E-state index in [-0.39, 0.29) is 23.2 Å². The normalized spacial score (nSPS) is 18.7. The Morgan fingerprint density at radius 3 is 1.72 bits per heavy atom. The highest BCUT2D eigenvalue weighted by atomic mass is 35.5. The Morgan fingerprint density at radius 2 is 1.36 bits per heavy atom. The molecular formula is C21H36ClNO2. The Kier molecular flexibility index (Phi) is 7.00. The van der Waals surface area contributed by atoms with E-state index < -0.39 is 12.1 Å². The van der Waals surface area contributed by atoms with Crippen molar-refractivity contribution in [3.8, 4) is 5.75 Å². The van der Waals surface area contributed by atoms with Crippen LogP contribution in [0.5, 0.6) is 5.75 Å². The van der Waals surface area contributed by atoms with E-state index in [1.807, 2.05) is 12.1 Å². The van der Waals surface area contributed by atoms with E-state index in [9.17, 15) is 10.2 Å². The molecule has 25 heavy (non-hydrogen) atoms. The molecule has 4 N–H and O–H groups in total. The zero-order chi connectivity index (χ0) is 18.3. The van der Waals surface area contributed by atoms with Gasteiger partial charge in [-0.15, -0.1) is 12.4 Å². The Labute approximate surface area is 159 Å². The van der Waals surface area contributed by atoms with Crippen LogP contribution in [0.2, 0.25) is 0 Å². The van der Waals surface area contributed by atoms with Crippen molar-refractivity contribution in [2.45, 2.75) is 90.2 Å². The molecule has 1 aromatic rings. The fourth-order valence-corrected chi connectivity index (χ4v) is 3.78. The average molecular weight is 370 g/mol. The maximum atomic E-state index is 10.8. The summed E-state index contributed by atoms with van der Waals surface area (Å²) in [6.45, 7) is 12.6. The van der Waals surface area contributed by atoms with Crippen molar-refractivity contribution in [2.75, 3.05) is 0 Å². The zero-order valence-corrected chi connectivity index (χ0v) is 17.4. The van der Waals surface area contributed by atoms with Gasteiger partial charge in [-0.1, -0.05) is 54.4 Å². The molecule has 1 saturated carbocycles. The van der Waals surface area contributed by atoms with E-state index in [4.69, 9.17) is 5.73 Å². The Balaban J connectivity index is 0.00000312. The molecule has 2 atom stereocenters. The molecule has 0 radical (unpaired) electrons. The van der Waals surface area contributed by atoms with Crippen LogP contribution in [0.4, 0.5) is 0 Å². The number of rotatable bonds is 3. The van der Waals surface area contributed by atoms with E-state index in [0.717, 1.165) is 29.5 Å². The van der Waals surface area contributed by atoms with Gasteiger partial charge in [-0.25, -0.2) is 0 Å². The SMILES string of the molecule is CC(C)(C)c1cc([C@H](N)[C@H](O)C2CCCC2)cc(C(C)(C)C)c1O.Cl. The number of aromatic hydroxyl groups is 1. The minimum atomic E-state index is -0.516. The first-order valence-electron chi connectivity index (χ1n) is 9.24. The summed E-state index contributed by atoms with van der Waals surface area (Å²) in [6.07, 6.45) is 3.98. The van der Waals surface area contributed by atoms with Crippen LogP contribution in [0.25, 0.3) is 0 Å². The lowest BCUT2D eigenvalue weighted by atomic mass is 9.77. The molecule has 4 heteroatoms. The molecule has 1 aliphatic rings. The predicted molar refractivity (Wildman–Crippen MR) is 108 cm³/mol. The Morgan fingerprint density at radius 1 is 0.960 bits per heavy atom. The molecule has 1 aliphatic carbocycles. The van der Waals surface area contributed by atoms with Crippen molar-refractivity contribution in [3.63, 3.8) is 0 Å². The predicted octanol–water partition coefficient (Wildman–Crippen LogP) is 4.96. The van der Waals surface area contributed by atoms with Gasteiger partial charge in [0.2, 0.25) is 0 Å². The van der Waals surface area contributed by atoms with Gasteiger partial charge in [0, 0.05) is 0 Å². The summed E-state index contributed by atoms with van der Waals surface area (Å²) in [6, 6.07) is 3.58. The van der Waals surface area contributed by atoms with Gasteiger partial charge >= 0.3 is 0 Å². The van der Waals surface area contributed by atoms with Crippen LogP contribution in [0.15, 0.2) is 12.1 Å². The molecule has 0 amide bonds. The summed E-state index contributed by atoms with van der Waals surface area (Å²) in [5.74, 6) is 0.659. The summed E-state index contributed by atoms with van der Waals surface area (Å²) in [4.78, 5) is 0. The molecule has 0 aromatic heterocycles. The largest absolute Gasteiger partial charge is 0.507 e. The molecule has 0 spiro atoms. The van der Waals surface area contributed by atoms with Crippen LogP contribution in [0.3, 0.4) is 0 Å². The number of phenolic OH excluding ortho intramolecular Hbond substituents is 1. The van der Waals surface area contributed by atoms with Crippen molar-refractivity contribution in [3.05, 3.63) is 28.8 Å². The quantitative estimate of drug-likeness (QED) is 0.705. The summed E-state index contributed by atoms with van der Waals surface area (Å²) in [5.41, 5.74) is 8.83. The van der Waals surface area contributed by atoms with Gasteiger partial charge < -0.3 is 15.9 Å². The molecule has 1 aromatic carbocycles. The van der Waals surface area contributed by atoms with Crippen molar-refractivity contribution >= 4 is 12.4 Å². The Hall–Kier alpha value is -0.770. The number of hydrogen-bond donors (Lipinski definition) is 3. The summed E-state index contributed by atoms with van der Waals surface area (Å²) in [5, 5.41) is 21.6. The second kappa shape index (κ2) is 7.85.